The van der Waals surface area contributed by atoms with Gasteiger partial charge in [-0.2, -0.15) is 0 Å². The molecule has 0 aromatic heterocycles. The van der Waals surface area contributed by atoms with E-state index < -0.39 is 0 Å². The van der Waals surface area contributed by atoms with Gasteiger partial charge in [0.25, 0.3) is 0 Å². The van der Waals surface area contributed by atoms with Crippen LogP contribution in [-0.2, 0) is 15.0 Å². The van der Waals surface area contributed by atoms with Crippen LogP contribution in [0.5, 0.6) is 0 Å². The van der Waals surface area contributed by atoms with E-state index in [9.17, 15) is 14.0 Å². The lowest BCUT2D eigenvalue weighted by molar-refractivity contribution is -0.119. The molecule has 2 aromatic carbocycles. The number of thioether (sulfide) groups is 1. The van der Waals surface area contributed by atoms with Crippen LogP contribution in [0.4, 0.5) is 10.1 Å². The van der Waals surface area contributed by atoms with Crippen molar-refractivity contribution < 1.29 is 14.0 Å². The van der Waals surface area contributed by atoms with Crippen LogP contribution in [0.25, 0.3) is 0 Å². The molecule has 148 valence electrons. The molecule has 0 saturated heterocycles. The molecule has 1 saturated carbocycles. The first-order valence-corrected chi connectivity index (χ1v) is 11.1. The molecule has 0 radical (unpaired) electrons. The van der Waals surface area contributed by atoms with Crippen LogP contribution in [0, 0.1) is 5.82 Å². The molecule has 1 aliphatic carbocycles. The third kappa shape index (κ3) is 5.58. The Kier molecular flexibility index (Phi) is 7.13. The van der Waals surface area contributed by atoms with Crippen LogP contribution in [0.3, 0.4) is 0 Å². The minimum absolute atomic E-state index is 0.0179. The van der Waals surface area contributed by atoms with E-state index in [-0.39, 0.29) is 34.6 Å². The number of rotatable bonds is 8. The fraction of sp³-hybridized carbons (Fsp3) is 0.333. The summed E-state index contributed by atoms with van der Waals surface area (Å²) >= 11 is 4.78. The average Bonchev–Trinajstić information content (AvgIpc) is 2.63. The van der Waals surface area contributed by atoms with E-state index in [1.165, 1.54) is 48.0 Å². The molecule has 0 aliphatic heterocycles. The summed E-state index contributed by atoms with van der Waals surface area (Å²) in [5, 5.41) is 5.71. The predicted molar refractivity (Wildman–Crippen MR) is 115 cm³/mol. The first kappa shape index (κ1) is 20.9. The summed E-state index contributed by atoms with van der Waals surface area (Å²) in [6.07, 6.45) is 3.30. The molecule has 0 unspecified atom stereocenters. The number of anilines is 1. The van der Waals surface area contributed by atoms with Crippen molar-refractivity contribution in [3.05, 3.63) is 64.4 Å². The zero-order valence-corrected chi connectivity index (χ0v) is 17.7. The SMILES string of the molecule is O=C(CSCC(=O)Nc1ccc(F)cc1)NCC1(c2cccc(Br)c2)CCC1. The molecule has 28 heavy (non-hydrogen) atoms. The molecule has 3 rings (SSSR count). The minimum Gasteiger partial charge on any atom is -0.354 e. The summed E-state index contributed by atoms with van der Waals surface area (Å²) in [6.45, 7) is 0.616. The number of carbonyl (C=O) groups is 2. The molecule has 1 aliphatic rings. The predicted octanol–water partition coefficient (Wildman–Crippen LogP) is 4.50. The summed E-state index contributed by atoms with van der Waals surface area (Å²) < 4.78 is 13.9. The summed E-state index contributed by atoms with van der Waals surface area (Å²) in [4.78, 5) is 24.1. The van der Waals surface area contributed by atoms with Gasteiger partial charge in [0.05, 0.1) is 11.5 Å². The Labute approximate surface area is 176 Å². The molecule has 4 nitrogen and oxygen atoms in total. The topological polar surface area (TPSA) is 58.2 Å². The van der Waals surface area contributed by atoms with Gasteiger partial charge in [0.15, 0.2) is 0 Å². The highest BCUT2D eigenvalue weighted by Gasteiger charge is 2.38. The highest BCUT2D eigenvalue weighted by atomic mass is 79.9. The van der Waals surface area contributed by atoms with Crippen molar-refractivity contribution in [2.75, 3.05) is 23.4 Å². The van der Waals surface area contributed by atoms with Crippen molar-refractivity contribution in [1.82, 2.24) is 5.32 Å². The zero-order valence-electron chi connectivity index (χ0n) is 15.3. The largest absolute Gasteiger partial charge is 0.354 e. The van der Waals surface area contributed by atoms with Crippen LogP contribution in [-0.4, -0.2) is 29.9 Å². The number of hydrogen-bond donors (Lipinski definition) is 2. The van der Waals surface area contributed by atoms with E-state index in [1.807, 2.05) is 12.1 Å². The van der Waals surface area contributed by atoms with Crippen LogP contribution in [0.1, 0.15) is 24.8 Å². The van der Waals surface area contributed by atoms with E-state index >= 15 is 0 Å². The first-order chi connectivity index (χ1) is 13.5. The first-order valence-electron chi connectivity index (χ1n) is 9.13. The van der Waals surface area contributed by atoms with Gasteiger partial charge >= 0.3 is 0 Å². The minimum atomic E-state index is -0.351. The molecule has 0 bridgehead atoms. The molecule has 1 fully saturated rings. The smallest absolute Gasteiger partial charge is 0.234 e. The normalized spacial score (nSPS) is 14.8. The summed E-state index contributed by atoms with van der Waals surface area (Å²) in [5.74, 6) is -0.238. The van der Waals surface area contributed by atoms with Crippen molar-refractivity contribution in [3.8, 4) is 0 Å². The van der Waals surface area contributed by atoms with Crippen LogP contribution >= 0.6 is 27.7 Å². The van der Waals surface area contributed by atoms with Gasteiger partial charge in [-0.25, -0.2) is 4.39 Å². The molecule has 7 heteroatoms. The van der Waals surface area contributed by atoms with Crippen LogP contribution in [0.15, 0.2) is 53.0 Å². The Balaban J connectivity index is 1.40. The zero-order chi connectivity index (χ0) is 20.0. The third-order valence-corrected chi connectivity index (χ3v) is 6.39. The summed E-state index contributed by atoms with van der Waals surface area (Å²) in [7, 11) is 0. The molecular weight excluding hydrogens is 443 g/mol. The number of nitrogens with one attached hydrogen (secondary N) is 2. The fourth-order valence-corrected chi connectivity index (χ4v) is 4.32. The molecular formula is C21H22BrFN2O2S. The molecule has 0 spiro atoms. The Bertz CT molecular complexity index is 841. The molecule has 2 N–H and O–H groups in total. The summed E-state index contributed by atoms with van der Waals surface area (Å²) in [6, 6.07) is 13.9. The molecule has 2 amide bonds. The van der Waals surface area contributed by atoms with E-state index in [4.69, 9.17) is 0 Å². The van der Waals surface area contributed by atoms with Gasteiger partial charge in [-0.1, -0.05) is 34.5 Å². The van der Waals surface area contributed by atoms with Crippen molar-refractivity contribution in [2.24, 2.45) is 0 Å². The Morgan fingerprint density at radius 1 is 1.07 bits per heavy atom. The number of amides is 2. The Hall–Kier alpha value is -1.86. The highest BCUT2D eigenvalue weighted by Crippen LogP contribution is 2.43. The van der Waals surface area contributed by atoms with Gasteiger partial charge in [-0.05, 0) is 54.8 Å². The molecule has 0 heterocycles. The van der Waals surface area contributed by atoms with Gasteiger partial charge in [-0.3, -0.25) is 9.59 Å². The number of carbonyl (C=O) groups excluding carboxylic acids is 2. The average molecular weight is 465 g/mol. The van der Waals surface area contributed by atoms with E-state index in [1.54, 1.807) is 0 Å². The van der Waals surface area contributed by atoms with Crippen molar-refractivity contribution in [1.29, 1.82) is 0 Å². The van der Waals surface area contributed by atoms with Crippen molar-refractivity contribution >= 4 is 45.2 Å². The van der Waals surface area contributed by atoms with Gasteiger partial charge in [0, 0.05) is 22.1 Å². The maximum atomic E-state index is 12.9. The molecule has 0 atom stereocenters. The van der Waals surface area contributed by atoms with Gasteiger partial charge in [0.2, 0.25) is 11.8 Å². The lowest BCUT2D eigenvalue weighted by Crippen LogP contribution is -2.46. The summed E-state index contributed by atoms with van der Waals surface area (Å²) in [5.41, 5.74) is 1.81. The van der Waals surface area contributed by atoms with Crippen molar-refractivity contribution in [3.63, 3.8) is 0 Å². The van der Waals surface area contributed by atoms with Crippen LogP contribution in [0.2, 0.25) is 0 Å². The van der Waals surface area contributed by atoms with Crippen molar-refractivity contribution in [2.45, 2.75) is 24.7 Å². The Morgan fingerprint density at radius 2 is 1.79 bits per heavy atom. The number of benzene rings is 2. The second-order valence-electron chi connectivity index (χ2n) is 6.97. The number of hydrogen-bond acceptors (Lipinski definition) is 3. The van der Waals surface area contributed by atoms with E-state index in [2.05, 4.69) is 38.7 Å². The van der Waals surface area contributed by atoms with Gasteiger partial charge in [0.1, 0.15) is 5.82 Å². The molecule has 2 aromatic rings. The quantitative estimate of drug-likeness (QED) is 0.604. The third-order valence-electron chi connectivity index (χ3n) is 4.97. The highest BCUT2D eigenvalue weighted by molar-refractivity contribution is 9.10. The lowest BCUT2D eigenvalue weighted by Gasteiger charge is -2.42. The monoisotopic (exact) mass is 464 g/mol. The maximum absolute atomic E-state index is 12.9. The Morgan fingerprint density at radius 3 is 2.43 bits per heavy atom. The standard InChI is InChI=1S/C21H22BrFN2O2S/c22-16-4-1-3-15(11-16)21(9-2-10-21)14-24-19(26)12-28-13-20(27)25-18-7-5-17(23)6-8-18/h1,3-8,11H,2,9-10,12-14H2,(H,24,26)(H,25,27). The second kappa shape index (κ2) is 9.56. The fourth-order valence-electron chi connectivity index (χ4n) is 3.27. The number of halogens is 2. The van der Waals surface area contributed by atoms with Gasteiger partial charge < -0.3 is 10.6 Å². The lowest BCUT2D eigenvalue weighted by atomic mass is 9.64. The maximum Gasteiger partial charge on any atom is 0.234 e. The van der Waals surface area contributed by atoms with Gasteiger partial charge in [-0.15, -0.1) is 11.8 Å². The van der Waals surface area contributed by atoms with Crippen LogP contribution < -0.4 is 10.6 Å². The van der Waals surface area contributed by atoms with E-state index in [0.717, 1.165) is 17.3 Å². The van der Waals surface area contributed by atoms with E-state index in [0.29, 0.717) is 12.2 Å². The second-order valence-corrected chi connectivity index (χ2v) is 8.87.